The van der Waals surface area contributed by atoms with Gasteiger partial charge in [0.2, 0.25) is 5.91 Å². The highest BCUT2D eigenvalue weighted by Gasteiger charge is 2.43. The predicted octanol–water partition coefficient (Wildman–Crippen LogP) is 3.10. The number of carboxylic acid groups (broad SMARTS) is 1. The maximum atomic E-state index is 13.5. The molecule has 224 valence electrons. The molecule has 0 bridgehead atoms. The molecular formula is C31H34N6O6. The predicted molar refractivity (Wildman–Crippen MR) is 159 cm³/mol. The smallest absolute Gasteiger partial charge is 0.326 e. The largest absolute Gasteiger partial charge is 0.507 e. The molecule has 0 aliphatic carbocycles. The molecule has 2 aliphatic rings. The van der Waals surface area contributed by atoms with Crippen LogP contribution in [0.1, 0.15) is 31.9 Å². The normalized spacial score (nSPS) is 19.8. The highest BCUT2D eigenvalue weighted by atomic mass is 16.5. The van der Waals surface area contributed by atoms with Crippen LogP contribution in [0.4, 0.5) is 11.5 Å². The number of aromatic hydroxyl groups is 1. The number of benzene rings is 2. The van der Waals surface area contributed by atoms with E-state index in [0.717, 1.165) is 29.7 Å². The van der Waals surface area contributed by atoms with Gasteiger partial charge in [-0.15, -0.1) is 10.2 Å². The molecule has 0 radical (unpaired) electrons. The van der Waals surface area contributed by atoms with E-state index in [1.165, 1.54) is 4.90 Å². The Labute approximate surface area is 248 Å². The quantitative estimate of drug-likeness (QED) is 0.292. The summed E-state index contributed by atoms with van der Waals surface area (Å²) in [6.07, 6.45) is -0.851. The van der Waals surface area contributed by atoms with E-state index in [1.807, 2.05) is 44.2 Å². The second kappa shape index (κ2) is 11.5. The fourth-order valence-electron chi connectivity index (χ4n) is 6.02. The van der Waals surface area contributed by atoms with E-state index in [2.05, 4.69) is 31.2 Å². The van der Waals surface area contributed by atoms with Crippen molar-refractivity contribution in [2.24, 2.45) is 5.92 Å². The SMILES string of the molecule is CC(C)C(C(=O)N1C[C@H](O)C[C@H]1C(=O)O)c1cc(N2CCN(c3ccc4cc(-c5ccccc5O)nnc4c3)CC2)no1. The Hall–Kier alpha value is -4.71. The Morgan fingerprint density at radius 3 is 2.44 bits per heavy atom. The summed E-state index contributed by atoms with van der Waals surface area (Å²) in [6, 6.07) is 15.8. The van der Waals surface area contributed by atoms with Gasteiger partial charge in [0.15, 0.2) is 11.6 Å². The van der Waals surface area contributed by atoms with Crippen LogP contribution in [0.3, 0.4) is 0 Å². The van der Waals surface area contributed by atoms with E-state index in [1.54, 1.807) is 18.2 Å². The van der Waals surface area contributed by atoms with E-state index < -0.39 is 24.0 Å². The molecule has 12 nitrogen and oxygen atoms in total. The zero-order valence-corrected chi connectivity index (χ0v) is 24.0. The summed E-state index contributed by atoms with van der Waals surface area (Å²) in [7, 11) is 0. The third-order valence-corrected chi connectivity index (χ3v) is 8.32. The summed E-state index contributed by atoms with van der Waals surface area (Å²) in [5, 5.41) is 43.7. The van der Waals surface area contributed by atoms with E-state index in [4.69, 9.17) is 4.52 Å². The average molecular weight is 587 g/mol. The summed E-state index contributed by atoms with van der Waals surface area (Å²) < 4.78 is 5.66. The van der Waals surface area contributed by atoms with Crippen LogP contribution in [0.2, 0.25) is 0 Å². The number of carbonyl (C=O) groups is 2. The molecule has 1 amide bonds. The lowest BCUT2D eigenvalue weighted by Gasteiger charge is -2.36. The molecule has 12 heteroatoms. The maximum Gasteiger partial charge on any atom is 0.326 e. The highest BCUT2D eigenvalue weighted by Crippen LogP contribution is 2.34. The molecule has 0 saturated carbocycles. The number of hydrogen-bond acceptors (Lipinski definition) is 10. The van der Waals surface area contributed by atoms with Crippen molar-refractivity contribution in [3.63, 3.8) is 0 Å². The number of piperazine rings is 1. The summed E-state index contributed by atoms with van der Waals surface area (Å²) in [5.41, 5.74) is 3.04. The van der Waals surface area contributed by atoms with Crippen LogP contribution in [0.5, 0.6) is 5.75 Å². The highest BCUT2D eigenvalue weighted by molar-refractivity contribution is 5.89. The summed E-state index contributed by atoms with van der Waals surface area (Å²) >= 11 is 0. The van der Waals surface area contributed by atoms with E-state index >= 15 is 0 Å². The number of rotatable bonds is 7. The number of phenols is 1. The molecule has 2 aliphatic heterocycles. The van der Waals surface area contributed by atoms with Crippen LogP contribution in [0.25, 0.3) is 22.2 Å². The number of aliphatic hydroxyl groups excluding tert-OH is 1. The lowest BCUT2D eigenvalue weighted by molar-refractivity contribution is -0.149. The number of phenolic OH excluding ortho intramolecular Hbond substituents is 1. The lowest BCUT2D eigenvalue weighted by Crippen LogP contribution is -2.46. The molecule has 3 atom stereocenters. The van der Waals surface area contributed by atoms with Gasteiger partial charge in [0.25, 0.3) is 0 Å². The van der Waals surface area contributed by atoms with Crippen LogP contribution in [-0.4, -0.2) is 92.3 Å². The maximum absolute atomic E-state index is 13.5. The van der Waals surface area contributed by atoms with Gasteiger partial charge in [0, 0.05) is 61.8 Å². The van der Waals surface area contributed by atoms with Gasteiger partial charge in [-0.05, 0) is 36.2 Å². The van der Waals surface area contributed by atoms with Crippen molar-refractivity contribution in [1.82, 2.24) is 20.3 Å². The topological polar surface area (TPSA) is 156 Å². The van der Waals surface area contributed by atoms with Crippen molar-refractivity contribution < 1.29 is 29.4 Å². The number of amides is 1. The van der Waals surface area contributed by atoms with Gasteiger partial charge in [-0.3, -0.25) is 4.79 Å². The molecule has 0 spiro atoms. The van der Waals surface area contributed by atoms with Crippen LogP contribution in [0, 0.1) is 5.92 Å². The summed E-state index contributed by atoms with van der Waals surface area (Å²) in [6.45, 7) is 6.58. The zero-order chi connectivity index (χ0) is 30.2. The molecule has 1 unspecified atom stereocenters. The number of aliphatic hydroxyl groups is 1. The number of para-hydroxylation sites is 1. The van der Waals surface area contributed by atoms with E-state index in [9.17, 15) is 24.9 Å². The van der Waals surface area contributed by atoms with Crippen molar-refractivity contribution in [1.29, 1.82) is 0 Å². The second-order valence-corrected chi connectivity index (χ2v) is 11.5. The van der Waals surface area contributed by atoms with Gasteiger partial charge in [0.05, 0.1) is 17.3 Å². The third-order valence-electron chi connectivity index (χ3n) is 8.32. The molecular weight excluding hydrogens is 552 g/mol. The van der Waals surface area contributed by atoms with Gasteiger partial charge < -0.3 is 34.5 Å². The second-order valence-electron chi connectivity index (χ2n) is 11.5. The van der Waals surface area contributed by atoms with Crippen LogP contribution >= 0.6 is 0 Å². The van der Waals surface area contributed by atoms with Crippen LogP contribution in [0.15, 0.2) is 59.1 Å². The van der Waals surface area contributed by atoms with Crippen LogP contribution in [-0.2, 0) is 9.59 Å². The number of carboxylic acids is 1. The fraction of sp³-hybridized carbons (Fsp3) is 0.387. The molecule has 3 N–H and O–H groups in total. The molecule has 6 rings (SSSR count). The van der Waals surface area contributed by atoms with Gasteiger partial charge in [-0.1, -0.05) is 37.2 Å². The first-order valence-electron chi connectivity index (χ1n) is 14.4. The minimum atomic E-state index is -1.13. The van der Waals surface area contributed by atoms with E-state index in [-0.39, 0.29) is 30.5 Å². The van der Waals surface area contributed by atoms with Gasteiger partial charge in [0.1, 0.15) is 17.7 Å². The Morgan fingerprint density at radius 1 is 0.977 bits per heavy atom. The third kappa shape index (κ3) is 5.57. The molecule has 2 saturated heterocycles. The Bertz CT molecular complexity index is 1650. The van der Waals surface area contributed by atoms with Gasteiger partial charge in [-0.25, -0.2) is 4.79 Å². The van der Waals surface area contributed by atoms with Gasteiger partial charge >= 0.3 is 5.97 Å². The number of carbonyl (C=O) groups excluding carboxylic acids is 1. The van der Waals surface area contributed by atoms with Crippen LogP contribution < -0.4 is 9.80 Å². The van der Waals surface area contributed by atoms with Gasteiger partial charge in [-0.2, -0.15) is 0 Å². The van der Waals surface area contributed by atoms with E-state index in [0.29, 0.717) is 35.9 Å². The number of anilines is 2. The Morgan fingerprint density at radius 2 is 1.72 bits per heavy atom. The summed E-state index contributed by atoms with van der Waals surface area (Å²) in [5.74, 6) is -1.19. The number of aromatic nitrogens is 3. The standard InChI is InChI=1S/C31H34N6O6/c1-18(2)29(30(40)37-17-21(38)15-25(37)31(41)42)27-16-28(34-43-27)36-11-9-35(10-12-36)20-8-7-19-13-24(33-32-23(19)14-20)22-5-3-4-6-26(22)39/h3-8,13-14,16,18,21,25,29,38-39H,9-12,15,17H2,1-2H3,(H,41,42)/t21-,25+,29?/m1/s1. The Kier molecular flexibility index (Phi) is 7.61. The molecule has 4 aromatic rings. The first-order chi connectivity index (χ1) is 20.7. The minimum Gasteiger partial charge on any atom is -0.507 e. The first-order valence-corrected chi connectivity index (χ1v) is 14.4. The van der Waals surface area contributed by atoms with Crippen molar-refractivity contribution in [3.8, 4) is 17.0 Å². The summed E-state index contributed by atoms with van der Waals surface area (Å²) in [4.78, 5) is 30.8. The monoisotopic (exact) mass is 586 g/mol. The first kappa shape index (κ1) is 28.4. The number of hydrogen-bond donors (Lipinski definition) is 3. The van der Waals surface area contributed by atoms with Crippen molar-refractivity contribution in [2.45, 2.75) is 38.3 Å². The van der Waals surface area contributed by atoms with Crippen molar-refractivity contribution in [3.05, 3.63) is 60.4 Å². The molecule has 2 aromatic heterocycles. The molecule has 4 heterocycles. The number of β-amino-alcohol motifs (C(OH)–C–C–N with tert-alkyl or cyclic N) is 1. The lowest BCUT2D eigenvalue weighted by atomic mass is 9.91. The zero-order valence-electron chi connectivity index (χ0n) is 24.0. The number of nitrogens with zero attached hydrogens (tertiary/aromatic N) is 6. The molecule has 2 aromatic carbocycles. The van der Waals surface area contributed by atoms with Crippen molar-refractivity contribution >= 4 is 34.3 Å². The minimum absolute atomic E-state index is 0.0138. The number of likely N-dealkylation sites (tertiary alicyclic amines) is 1. The molecule has 43 heavy (non-hydrogen) atoms. The number of aliphatic carboxylic acids is 1. The molecule has 2 fully saturated rings. The fourth-order valence-corrected chi connectivity index (χ4v) is 6.02. The average Bonchev–Trinajstić information content (AvgIpc) is 3.64. The Balaban J connectivity index is 1.13. The number of fused-ring (bicyclic) bond motifs is 1. The van der Waals surface area contributed by atoms with Crippen molar-refractivity contribution in [2.75, 3.05) is 42.5 Å².